The molecule has 1 aromatic carbocycles. The number of rotatable bonds is 7. The van der Waals surface area contributed by atoms with Crippen molar-refractivity contribution >= 4 is 17.6 Å². The molecular formula is C15H22ClNO3. The van der Waals surface area contributed by atoms with Crippen molar-refractivity contribution in [3.63, 3.8) is 0 Å². The molecule has 0 aliphatic rings. The van der Waals surface area contributed by atoms with E-state index in [-0.39, 0.29) is 5.56 Å². The van der Waals surface area contributed by atoms with Gasteiger partial charge in [-0.05, 0) is 45.9 Å². The average molecular weight is 300 g/mol. The number of hydrogen-bond acceptors (Lipinski definition) is 3. The third-order valence-corrected chi connectivity index (χ3v) is 3.41. The minimum atomic E-state index is -0.996. The SMILES string of the molecule is CC(C)N(CCOc1ccc(C(=O)O)cc1Cl)C(C)C. The van der Waals surface area contributed by atoms with Gasteiger partial charge in [0.05, 0.1) is 10.6 Å². The van der Waals surface area contributed by atoms with Crippen LogP contribution in [0.1, 0.15) is 38.1 Å². The van der Waals surface area contributed by atoms with Gasteiger partial charge in [-0.1, -0.05) is 11.6 Å². The summed E-state index contributed by atoms with van der Waals surface area (Å²) in [7, 11) is 0. The van der Waals surface area contributed by atoms with Crippen LogP contribution in [0, 0.1) is 0 Å². The van der Waals surface area contributed by atoms with E-state index in [4.69, 9.17) is 21.4 Å². The Balaban J connectivity index is 2.60. The van der Waals surface area contributed by atoms with Crippen LogP contribution in [-0.4, -0.2) is 41.2 Å². The fraction of sp³-hybridized carbons (Fsp3) is 0.533. The molecule has 0 aliphatic heterocycles. The maximum absolute atomic E-state index is 10.8. The second kappa shape index (κ2) is 7.50. The van der Waals surface area contributed by atoms with Crippen molar-refractivity contribution in [1.29, 1.82) is 0 Å². The number of ether oxygens (including phenoxy) is 1. The predicted molar refractivity (Wildman–Crippen MR) is 80.9 cm³/mol. The fourth-order valence-electron chi connectivity index (χ4n) is 2.12. The highest BCUT2D eigenvalue weighted by Crippen LogP contribution is 2.25. The topological polar surface area (TPSA) is 49.8 Å². The first-order valence-corrected chi connectivity index (χ1v) is 7.12. The van der Waals surface area contributed by atoms with E-state index in [1.54, 1.807) is 6.07 Å². The summed E-state index contributed by atoms with van der Waals surface area (Å²) in [4.78, 5) is 13.1. The Hall–Kier alpha value is -1.26. The molecular weight excluding hydrogens is 278 g/mol. The number of hydrogen-bond donors (Lipinski definition) is 1. The van der Waals surface area contributed by atoms with Gasteiger partial charge in [0.15, 0.2) is 0 Å². The first-order chi connectivity index (χ1) is 9.32. The molecule has 1 rings (SSSR count). The maximum atomic E-state index is 10.8. The third kappa shape index (κ3) is 4.69. The molecule has 0 amide bonds. The number of carbonyl (C=O) groups is 1. The molecule has 0 spiro atoms. The summed E-state index contributed by atoms with van der Waals surface area (Å²) < 4.78 is 5.64. The molecule has 0 saturated heterocycles. The van der Waals surface area contributed by atoms with E-state index in [0.717, 1.165) is 6.54 Å². The quantitative estimate of drug-likeness (QED) is 0.836. The van der Waals surface area contributed by atoms with Gasteiger partial charge in [0.1, 0.15) is 12.4 Å². The number of carboxylic acid groups (broad SMARTS) is 1. The van der Waals surface area contributed by atoms with Gasteiger partial charge in [-0.15, -0.1) is 0 Å². The molecule has 5 heteroatoms. The molecule has 0 fully saturated rings. The zero-order valence-electron chi connectivity index (χ0n) is 12.4. The fourth-order valence-corrected chi connectivity index (χ4v) is 2.36. The lowest BCUT2D eigenvalue weighted by Crippen LogP contribution is -2.39. The molecule has 0 heterocycles. The summed E-state index contributed by atoms with van der Waals surface area (Å²) in [6, 6.07) is 5.39. The Morgan fingerprint density at radius 1 is 1.30 bits per heavy atom. The van der Waals surface area contributed by atoms with Gasteiger partial charge in [0.25, 0.3) is 0 Å². The maximum Gasteiger partial charge on any atom is 0.335 e. The molecule has 0 aromatic heterocycles. The molecule has 0 radical (unpaired) electrons. The van der Waals surface area contributed by atoms with E-state index in [2.05, 4.69) is 32.6 Å². The summed E-state index contributed by atoms with van der Waals surface area (Å²) in [5.41, 5.74) is 0.160. The van der Waals surface area contributed by atoms with Crippen LogP contribution in [0.5, 0.6) is 5.75 Å². The van der Waals surface area contributed by atoms with Gasteiger partial charge in [0.2, 0.25) is 0 Å². The predicted octanol–water partition coefficient (Wildman–Crippen LogP) is 3.54. The van der Waals surface area contributed by atoms with E-state index in [9.17, 15) is 4.79 Å². The van der Waals surface area contributed by atoms with E-state index in [1.807, 2.05) is 0 Å². The highest BCUT2D eigenvalue weighted by atomic mass is 35.5. The van der Waals surface area contributed by atoms with E-state index < -0.39 is 5.97 Å². The molecule has 0 saturated carbocycles. The average Bonchev–Trinajstić information content (AvgIpc) is 2.34. The van der Waals surface area contributed by atoms with Gasteiger partial charge in [-0.2, -0.15) is 0 Å². The van der Waals surface area contributed by atoms with Crippen molar-refractivity contribution in [1.82, 2.24) is 4.90 Å². The number of nitrogens with zero attached hydrogens (tertiary/aromatic N) is 1. The second-order valence-electron chi connectivity index (χ2n) is 5.22. The summed E-state index contributed by atoms with van der Waals surface area (Å²) in [6.07, 6.45) is 0. The van der Waals surface area contributed by atoms with Crippen LogP contribution < -0.4 is 4.74 Å². The monoisotopic (exact) mass is 299 g/mol. The minimum absolute atomic E-state index is 0.160. The van der Waals surface area contributed by atoms with Gasteiger partial charge >= 0.3 is 5.97 Å². The van der Waals surface area contributed by atoms with Crippen LogP contribution in [0.25, 0.3) is 0 Å². The lowest BCUT2D eigenvalue weighted by molar-refractivity contribution is 0.0697. The van der Waals surface area contributed by atoms with Crippen LogP contribution in [0.2, 0.25) is 5.02 Å². The van der Waals surface area contributed by atoms with Crippen LogP contribution in [-0.2, 0) is 0 Å². The summed E-state index contributed by atoms with van der Waals surface area (Å²) in [6.45, 7) is 9.90. The van der Waals surface area contributed by atoms with Crippen molar-refractivity contribution in [3.8, 4) is 5.75 Å². The Bertz CT molecular complexity index is 452. The largest absolute Gasteiger partial charge is 0.491 e. The number of benzene rings is 1. The van der Waals surface area contributed by atoms with Crippen LogP contribution in [0.4, 0.5) is 0 Å². The molecule has 1 aromatic rings. The molecule has 20 heavy (non-hydrogen) atoms. The lowest BCUT2D eigenvalue weighted by Gasteiger charge is -2.30. The van der Waals surface area contributed by atoms with Crippen molar-refractivity contribution in [3.05, 3.63) is 28.8 Å². The van der Waals surface area contributed by atoms with Crippen LogP contribution >= 0.6 is 11.6 Å². The van der Waals surface area contributed by atoms with Crippen molar-refractivity contribution in [2.75, 3.05) is 13.2 Å². The molecule has 0 aliphatic carbocycles. The molecule has 1 N–H and O–H groups in total. The number of aromatic carboxylic acids is 1. The van der Waals surface area contributed by atoms with Crippen molar-refractivity contribution < 1.29 is 14.6 Å². The van der Waals surface area contributed by atoms with Gasteiger partial charge in [-0.25, -0.2) is 4.79 Å². The smallest absolute Gasteiger partial charge is 0.335 e. The van der Waals surface area contributed by atoms with Crippen LogP contribution in [0.15, 0.2) is 18.2 Å². The zero-order valence-corrected chi connectivity index (χ0v) is 13.1. The highest BCUT2D eigenvalue weighted by molar-refractivity contribution is 6.32. The first-order valence-electron chi connectivity index (χ1n) is 6.74. The molecule has 0 atom stereocenters. The van der Waals surface area contributed by atoms with Gasteiger partial charge < -0.3 is 9.84 Å². The first kappa shape index (κ1) is 16.8. The zero-order chi connectivity index (χ0) is 15.3. The number of halogens is 1. The summed E-state index contributed by atoms with van der Waals surface area (Å²) in [5.74, 6) is -0.478. The Labute approximate surface area is 125 Å². The van der Waals surface area contributed by atoms with Crippen molar-refractivity contribution in [2.24, 2.45) is 0 Å². The molecule has 4 nitrogen and oxygen atoms in total. The third-order valence-electron chi connectivity index (χ3n) is 3.11. The van der Waals surface area contributed by atoms with Crippen LogP contribution in [0.3, 0.4) is 0 Å². The Kier molecular flexibility index (Phi) is 6.30. The van der Waals surface area contributed by atoms with Gasteiger partial charge in [-0.3, -0.25) is 4.90 Å². The second-order valence-corrected chi connectivity index (χ2v) is 5.63. The van der Waals surface area contributed by atoms with Gasteiger partial charge in [0, 0.05) is 18.6 Å². The highest BCUT2D eigenvalue weighted by Gasteiger charge is 2.13. The Morgan fingerprint density at radius 2 is 1.90 bits per heavy atom. The van der Waals surface area contributed by atoms with E-state index >= 15 is 0 Å². The Morgan fingerprint density at radius 3 is 2.35 bits per heavy atom. The lowest BCUT2D eigenvalue weighted by atomic mass is 10.2. The molecule has 112 valence electrons. The standard InChI is InChI=1S/C15H22ClNO3/c1-10(2)17(11(3)4)7-8-20-14-6-5-12(15(18)19)9-13(14)16/h5-6,9-11H,7-8H2,1-4H3,(H,18,19). The molecule has 0 unspecified atom stereocenters. The van der Waals surface area contributed by atoms with E-state index in [1.165, 1.54) is 12.1 Å². The van der Waals surface area contributed by atoms with Crippen molar-refractivity contribution in [2.45, 2.75) is 39.8 Å². The summed E-state index contributed by atoms with van der Waals surface area (Å²) in [5, 5.41) is 9.19. The van der Waals surface area contributed by atoms with E-state index in [0.29, 0.717) is 29.5 Å². The minimum Gasteiger partial charge on any atom is -0.491 e. The summed E-state index contributed by atoms with van der Waals surface area (Å²) >= 11 is 6.01. The molecule has 0 bridgehead atoms. The number of carboxylic acids is 1. The normalized spacial score (nSPS) is 11.4.